The smallest absolute Gasteiger partial charge is 0.295 e. The number of hydrogen-bond acceptors (Lipinski definition) is 5. The lowest BCUT2D eigenvalue weighted by Crippen LogP contribution is -2.50. The van der Waals surface area contributed by atoms with Gasteiger partial charge in [-0.1, -0.05) is 0 Å². The van der Waals surface area contributed by atoms with Gasteiger partial charge in [0.15, 0.2) is 17.3 Å². The monoisotopic (exact) mass is 288 g/mol. The lowest BCUT2D eigenvalue weighted by molar-refractivity contribution is -0.384. The lowest BCUT2D eigenvalue weighted by Gasteiger charge is -2.38. The summed E-state index contributed by atoms with van der Waals surface area (Å²) in [6.07, 6.45) is -0.589. The van der Waals surface area contributed by atoms with Gasteiger partial charge in [0.05, 0.1) is 24.2 Å². The van der Waals surface area contributed by atoms with Crippen LogP contribution in [0.1, 0.15) is 6.92 Å². The van der Waals surface area contributed by atoms with Gasteiger partial charge in [-0.2, -0.15) is 0 Å². The van der Waals surface area contributed by atoms with Gasteiger partial charge in [-0.15, -0.1) is 0 Å². The quantitative estimate of drug-likeness (QED) is 0.673. The van der Waals surface area contributed by atoms with Crippen molar-refractivity contribution in [1.82, 2.24) is 0 Å². The van der Waals surface area contributed by atoms with Gasteiger partial charge in [-0.25, -0.2) is 8.78 Å². The van der Waals surface area contributed by atoms with E-state index in [-0.39, 0.29) is 25.8 Å². The minimum absolute atomic E-state index is 0.0544. The average molecular weight is 288 g/mol. The van der Waals surface area contributed by atoms with E-state index in [1.807, 2.05) is 0 Å². The Kier molecular flexibility index (Phi) is 4.15. The molecule has 1 fully saturated rings. The molecule has 1 aliphatic heterocycles. The second-order valence-corrected chi connectivity index (χ2v) is 4.63. The van der Waals surface area contributed by atoms with Crippen LogP contribution in [-0.2, 0) is 4.74 Å². The number of ether oxygens (including phenoxy) is 1. The molecule has 2 rings (SSSR count). The third kappa shape index (κ3) is 2.56. The van der Waals surface area contributed by atoms with Gasteiger partial charge < -0.3 is 14.7 Å². The molecule has 0 saturated carbocycles. The Morgan fingerprint density at radius 2 is 2.25 bits per heavy atom. The molecule has 2 atom stereocenters. The summed E-state index contributed by atoms with van der Waals surface area (Å²) in [6, 6.07) is 1.29. The Hall–Kier alpha value is -1.80. The molecule has 110 valence electrons. The van der Waals surface area contributed by atoms with Crippen molar-refractivity contribution in [3.05, 3.63) is 33.9 Å². The molecule has 1 heterocycles. The number of rotatable bonds is 3. The lowest BCUT2D eigenvalue weighted by atomic mass is 10.1. The molecule has 1 aromatic rings. The highest BCUT2D eigenvalue weighted by molar-refractivity contribution is 5.65. The first-order chi connectivity index (χ1) is 9.45. The van der Waals surface area contributed by atoms with Crippen molar-refractivity contribution < 1.29 is 23.5 Å². The van der Waals surface area contributed by atoms with Crippen LogP contribution >= 0.6 is 0 Å². The number of benzene rings is 1. The van der Waals surface area contributed by atoms with E-state index in [0.717, 1.165) is 12.1 Å². The standard InChI is InChI=1S/C12H14F2N2O4/c1-7-6-20-8(5-17)4-15(7)12-10(16(18)19)3-2-9(13)11(12)14/h2-3,7-8,17H,4-6H2,1H3. The predicted octanol–water partition coefficient (Wildman–Crippen LogP) is 1.46. The van der Waals surface area contributed by atoms with Crippen LogP contribution < -0.4 is 4.90 Å². The van der Waals surface area contributed by atoms with E-state index >= 15 is 0 Å². The highest BCUT2D eigenvalue weighted by Crippen LogP contribution is 2.35. The minimum Gasteiger partial charge on any atom is -0.394 e. The number of aliphatic hydroxyl groups excluding tert-OH is 1. The summed E-state index contributed by atoms with van der Waals surface area (Å²) < 4.78 is 32.6. The maximum Gasteiger partial charge on any atom is 0.295 e. The number of nitro groups is 1. The molecule has 1 saturated heterocycles. The maximum absolute atomic E-state index is 14.0. The van der Waals surface area contributed by atoms with E-state index in [9.17, 15) is 18.9 Å². The van der Waals surface area contributed by atoms with Gasteiger partial charge in [0.1, 0.15) is 0 Å². The molecule has 0 spiro atoms. The SMILES string of the molecule is CC1COC(CO)CN1c1c([N+](=O)[O-])ccc(F)c1F. The van der Waals surface area contributed by atoms with Crippen LogP contribution in [0, 0.1) is 21.7 Å². The zero-order valence-corrected chi connectivity index (χ0v) is 10.8. The van der Waals surface area contributed by atoms with Crippen LogP contribution in [0.5, 0.6) is 0 Å². The van der Waals surface area contributed by atoms with Gasteiger partial charge >= 0.3 is 0 Å². The molecule has 8 heteroatoms. The summed E-state index contributed by atoms with van der Waals surface area (Å²) in [6.45, 7) is 1.60. The average Bonchev–Trinajstić information content (AvgIpc) is 2.42. The molecule has 1 N–H and O–H groups in total. The fourth-order valence-corrected chi connectivity index (χ4v) is 2.19. The van der Waals surface area contributed by atoms with Crippen LogP contribution in [0.2, 0.25) is 0 Å². The zero-order valence-electron chi connectivity index (χ0n) is 10.8. The first-order valence-electron chi connectivity index (χ1n) is 6.07. The maximum atomic E-state index is 14.0. The highest BCUT2D eigenvalue weighted by Gasteiger charge is 2.33. The van der Waals surface area contributed by atoms with Crippen LogP contribution in [0.3, 0.4) is 0 Å². The van der Waals surface area contributed by atoms with Gasteiger partial charge in [-0.3, -0.25) is 10.1 Å². The molecule has 0 bridgehead atoms. The van der Waals surface area contributed by atoms with Crippen LogP contribution in [0.4, 0.5) is 20.2 Å². The minimum atomic E-state index is -1.26. The Bertz CT molecular complexity index is 526. The Labute approximate surface area is 113 Å². The zero-order chi connectivity index (χ0) is 14.9. The predicted molar refractivity (Wildman–Crippen MR) is 66.6 cm³/mol. The summed E-state index contributed by atoms with van der Waals surface area (Å²) in [5.74, 6) is -2.41. The van der Waals surface area contributed by atoms with Gasteiger partial charge in [0, 0.05) is 18.7 Å². The molecule has 0 amide bonds. The van der Waals surface area contributed by atoms with Crippen molar-refractivity contribution in [2.75, 3.05) is 24.7 Å². The van der Waals surface area contributed by atoms with E-state index in [2.05, 4.69) is 0 Å². The number of halogens is 2. The van der Waals surface area contributed by atoms with E-state index in [1.54, 1.807) is 6.92 Å². The van der Waals surface area contributed by atoms with Crippen molar-refractivity contribution >= 4 is 11.4 Å². The number of morpholine rings is 1. The molecular weight excluding hydrogens is 274 g/mol. The molecule has 6 nitrogen and oxygen atoms in total. The van der Waals surface area contributed by atoms with Gasteiger partial charge in [0.2, 0.25) is 0 Å². The van der Waals surface area contributed by atoms with Crippen molar-refractivity contribution in [2.45, 2.75) is 19.1 Å². The van der Waals surface area contributed by atoms with E-state index in [0.29, 0.717) is 0 Å². The fourth-order valence-electron chi connectivity index (χ4n) is 2.19. The third-order valence-electron chi connectivity index (χ3n) is 3.24. The molecule has 1 aromatic carbocycles. The van der Waals surface area contributed by atoms with E-state index < -0.39 is 34.0 Å². The summed E-state index contributed by atoms with van der Waals surface area (Å²) in [7, 11) is 0. The second kappa shape index (κ2) is 5.68. The molecule has 2 unspecified atom stereocenters. The van der Waals surface area contributed by atoms with Crippen molar-refractivity contribution in [3.8, 4) is 0 Å². The summed E-state index contributed by atoms with van der Waals surface area (Å²) in [5.41, 5.74) is -0.904. The molecule has 0 aliphatic carbocycles. The molecule has 20 heavy (non-hydrogen) atoms. The molecular formula is C12H14F2N2O4. The molecule has 0 radical (unpaired) electrons. The Balaban J connectivity index is 2.49. The first kappa shape index (κ1) is 14.6. The highest BCUT2D eigenvalue weighted by atomic mass is 19.2. The van der Waals surface area contributed by atoms with Crippen LogP contribution in [-0.4, -0.2) is 41.9 Å². The fraction of sp³-hybridized carbons (Fsp3) is 0.500. The van der Waals surface area contributed by atoms with Crippen molar-refractivity contribution in [3.63, 3.8) is 0 Å². The van der Waals surface area contributed by atoms with Crippen LogP contribution in [0.25, 0.3) is 0 Å². The normalized spacial score (nSPS) is 22.9. The third-order valence-corrected chi connectivity index (χ3v) is 3.24. The van der Waals surface area contributed by atoms with Crippen molar-refractivity contribution in [2.24, 2.45) is 0 Å². The number of anilines is 1. The second-order valence-electron chi connectivity index (χ2n) is 4.63. The number of hydrogen-bond donors (Lipinski definition) is 1. The largest absolute Gasteiger partial charge is 0.394 e. The van der Waals surface area contributed by atoms with Crippen LogP contribution in [0.15, 0.2) is 12.1 Å². The summed E-state index contributed by atoms with van der Waals surface area (Å²) in [5, 5.41) is 20.1. The Morgan fingerprint density at radius 1 is 1.55 bits per heavy atom. The molecule has 1 aliphatic rings. The van der Waals surface area contributed by atoms with E-state index in [4.69, 9.17) is 9.84 Å². The number of aliphatic hydroxyl groups is 1. The van der Waals surface area contributed by atoms with Gasteiger partial charge in [-0.05, 0) is 13.0 Å². The van der Waals surface area contributed by atoms with Gasteiger partial charge in [0.25, 0.3) is 5.69 Å². The molecule has 0 aromatic heterocycles. The Morgan fingerprint density at radius 3 is 2.85 bits per heavy atom. The number of nitro benzene ring substituents is 1. The van der Waals surface area contributed by atoms with E-state index in [1.165, 1.54) is 4.90 Å². The topological polar surface area (TPSA) is 75.8 Å². The summed E-state index contributed by atoms with van der Waals surface area (Å²) in [4.78, 5) is 11.6. The number of nitrogens with zero attached hydrogens (tertiary/aromatic N) is 2. The first-order valence-corrected chi connectivity index (χ1v) is 6.07. The van der Waals surface area contributed by atoms with Crippen molar-refractivity contribution in [1.29, 1.82) is 0 Å². The summed E-state index contributed by atoms with van der Waals surface area (Å²) >= 11 is 0.